The van der Waals surface area contributed by atoms with Gasteiger partial charge in [0.05, 0.1) is 12.3 Å². The number of nitrogens with one attached hydrogen (secondary N) is 2. The van der Waals surface area contributed by atoms with Crippen LogP contribution in [0.2, 0.25) is 0 Å². The minimum atomic E-state index is -0.776. The largest absolute Gasteiger partial charge is 0.386 e. The Balaban J connectivity index is 1.53. The number of urea groups is 1. The molecule has 1 aromatic heterocycles. The lowest BCUT2D eigenvalue weighted by molar-refractivity contribution is 0.173. The molecule has 0 fully saturated rings. The van der Waals surface area contributed by atoms with Crippen molar-refractivity contribution < 1.29 is 9.90 Å². The Bertz CT molecular complexity index is 838. The molecule has 0 spiro atoms. The number of carbonyl (C=O) groups excluding carboxylic acids is 1. The lowest BCUT2D eigenvalue weighted by atomic mass is 10.0. The number of aliphatic hydroxyl groups is 1. The van der Waals surface area contributed by atoms with Gasteiger partial charge in [-0.15, -0.1) is 0 Å². The Morgan fingerprint density at radius 1 is 1.21 bits per heavy atom. The average molecular weight is 324 g/mol. The van der Waals surface area contributed by atoms with Gasteiger partial charge in [0.25, 0.3) is 0 Å². The summed E-state index contributed by atoms with van der Waals surface area (Å²) in [5.74, 6) is 0. The van der Waals surface area contributed by atoms with Gasteiger partial charge in [-0.1, -0.05) is 42.5 Å². The Hall–Kier alpha value is -2.86. The number of amides is 2. The summed E-state index contributed by atoms with van der Waals surface area (Å²) in [7, 11) is 1.78. The molecule has 0 aliphatic carbocycles. The normalized spacial score (nSPS) is 12.1. The van der Waals surface area contributed by atoms with Crippen molar-refractivity contribution in [2.45, 2.75) is 12.6 Å². The highest BCUT2D eigenvalue weighted by molar-refractivity contribution is 5.86. The smallest absolute Gasteiger partial charge is 0.315 e. The molecule has 24 heavy (non-hydrogen) atoms. The second-order valence-electron chi connectivity index (χ2n) is 5.66. The van der Waals surface area contributed by atoms with E-state index in [4.69, 9.17) is 0 Å². The molecule has 2 aromatic carbocycles. The second-order valence-corrected chi connectivity index (χ2v) is 5.66. The van der Waals surface area contributed by atoms with Crippen molar-refractivity contribution >= 4 is 16.8 Å². The predicted octanol–water partition coefficient (Wildman–Crippen LogP) is 2.11. The van der Waals surface area contributed by atoms with Crippen molar-refractivity contribution in [1.29, 1.82) is 0 Å². The number of nitrogens with zero attached hydrogens (tertiary/aromatic N) is 2. The van der Waals surface area contributed by atoms with Crippen molar-refractivity contribution in [3.63, 3.8) is 0 Å². The summed E-state index contributed by atoms with van der Waals surface area (Å²) < 4.78 is 1.61. The van der Waals surface area contributed by atoms with Crippen LogP contribution < -0.4 is 10.6 Å². The Kier molecular flexibility index (Phi) is 4.77. The summed E-state index contributed by atoms with van der Waals surface area (Å²) in [5, 5.41) is 21.8. The molecule has 124 valence electrons. The van der Waals surface area contributed by atoms with Crippen LogP contribution in [0, 0.1) is 0 Å². The number of aliphatic hydroxyl groups excluding tert-OH is 1. The van der Waals surface area contributed by atoms with Crippen LogP contribution in [-0.2, 0) is 13.6 Å². The lowest BCUT2D eigenvalue weighted by Gasteiger charge is -2.12. The maximum absolute atomic E-state index is 11.9. The summed E-state index contributed by atoms with van der Waals surface area (Å²) in [6, 6.07) is 13.8. The standard InChI is InChI=1S/C18H20N4O2/c1-22-12-15(10-21-22)17(23)11-20-18(24)19-9-14-7-4-6-13-5-2-3-8-16(13)14/h2-8,10,12,17,23H,9,11H2,1H3,(H2,19,20,24)/t17-/m0/s1. The molecule has 1 atom stereocenters. The minimum Gasteiger partial charge on any atom is -0.386 e. The van der Waals surface area contributed by atoms with E-state index in [-0.39, 0.29) is 12.6 Å². The summed E-state index contributed by atoms with van der Waals surface area (Å²) in [4.78, 5) is 11.9. The molecule has 6 nitrogen and oxygen atoms in total. The predicted molar refractivity (Wildman–Crippen MR) is 92.4 cm³/mol. The summed E-state index contributed by atoms with van der Waals surface area (Å²) in [6.07, 6.45) is 2.53. The molecule has 3 rings (SSSR count). The molecule has 0 radical (unpaired) electrons. The number of benzene rings is 2. The highest BCUT2D eigenvalue weighted by atomic mass is 16.3. The molecule has 3 N–H and O–H groups in total. The molecule has 0 unspecified atom stereocenters. The van der Waals surface area contributed by atoms with Gasteiger partial charge in [-0.25, -0.2) is 4.79 Å². The van der Waals surface area contributed by atoms with Gasteiger partial charge in [-0.3, -0.25) is 4.68 Å². The quantitative estimate of drug-likeness (QED) is 0.672. The van der Waals surface area contributed by atoms with Crippen molar-refractivity contribution in [2.24, 2.45) is 7.05 Å². The first-order valence-electron chi connectivity index (χ1n) is 7.78. The van der Waals surface area contributed by atoms with Crippen molar-refractivity contribution in [2.75, 3.05) is 6.54 Å². The van der Waals surface area contributed by atoms with E-state index in [1.165, 1.54) is 0 Å². The van der Waals surface area contributed by atoms with E-state index in [2.05, 4.69) is 15.7 Å². The second kappa shape index (κ2) is 7.14. The molecular weight excluding hydrogens is 304 g/mol. The van der Waals surface area contributed by atoms with Crippen LogP contribution in [0.1, 0.15) is 17.2 Å². The van der Waals surface area contributed by atoms with Gasteiger partial charge in [0, 0.05) is 31.9 Å². The third-order valence-corrected chi connectivity index (χ3v) is 3.88. The number of hydrogen-bond donors (Lipinski definition) is 3. The fourth-order valence-corrected chi connectivity index (χ4v) is 2.60. The zero-order valence-corrected chi connectivity index (χ0v) is 13.4. The number of hydrogen-bond acceptors (Lipinski definition) is 3. The molecule has 1 heterocycles. The summed E-state index contributed by atoms with van der Waals surface area (Å²) in [6.45, 7) is 0.559. The molecule has 0 saturated heterocycles. The van der Waals surface area contributed by atoms with Crippen molar-refractivity contribution in [1.82, 2.24) is 20.4 Å². The Morgan fingerprint density at radius 3 is 2.79 bits per heavy atom. The summed E-state index contributed by atoms with van der Waals surface area (Å²) >= 11 is 0. The van der Waals surface area contributed by atoms with Crippen LogP contribution >= 0.6 is 0 Å². The molecule has 0 bridgehead atoms. The number of aryl methyl sites for hydroxylation is 1. The molecule has 0 aliphatic rings. The van der Waals surface area contributed by atoms with E-state index in [1.807, 2.05) is 42.5 Å². The van der Waals surface area contributed by atoms with Gasteiger partial charge in [0.15, 0.2) is 0 Å². The highest BCUT2D eigenvalue weighted by Crippen LogP contribution is 2.18. The first-order chi connectivity index (χ1) is 11.6. The fourth-order valence-electron chi connectivity index (χ4n) is 2.60. The lowest BCUT2D eigenvalue weighted by Crippen LogP contribution is -2.37. The van der Waals surface area contributed by atoms with E-state index >= 15 is 0 Å². The first-order valence-corrected chi connectivity index (χ1v) is 7.78. The van der Waals surface area contributed by atoms with Gasteiger partial charge in [0.1, 0.15) is 0 Å². The molecule has 0 saturated carbocycles. The first kappa shape index (κ1) is 16.0. The molecule has 3 aromatic rings. The SMILES string of the molecule is Cn1cc([C@@H](O)CNC(=O)NCc2cccc3ccccc23)cn1. The van der Waals surface area contributed by atoms with Crippen LogP contribution in [0.5, 0.6) is 0 Å². The molecular formula is C18H20N4O2. The van der Waals surface area contributed by atoms with Crippen LogP contribution in [0.25, 0.3) is 10.8 Å². The van der Waals surface area contributed by atoms with Gasteiger partial charge in [-0.05, 0) is 16.3 Å². The van der Waals surface area contributed by atoms with Crippen LogP contribution in [0.15, 0.2) is 54.9 Å². The summed E-state index contributed by atoms with van der Waals surface area (Å²) in [5.41, 5.74) is 1.72. The maximum atomic E-state index is 11.9. The molecule has 6 heteroatoms. The highest BCUT2D eigenvalue weighted by Gasteiger charge is 2.11. The molecule has 0 aliphatic heterocycles. The zero-order chi connectivity index (χ0) is 16.9. The number of aromatic nitrogens is 2. The minimum absolute atomic E-state index is 0.132. The zero-order valence-electron chi connectivity index (χ0n) is 13.4. The van der Waals surface area contributed by atoms with Crippen LogP contribution in [0.3, 0.4) is 0 Å². The average Bonchev–Trinajstić information content (AvgIpc) is 3.04. The maximum Gasteiger partial charge on any atom is 0.315 e. The van der Waals surface area contributed by atoms with Gasteiger partial charge < -0.3 is 15.7 Å². The number of rotatable bonds is 5. The van der Waals surface area contributed by atoms with Crippen molar-refractivity contribution in [3.05, 3.63) is 66.0 Å². The number of fused-ring (bicyclic) bond motifs is 1. The Labute approximate surface area is 140 Å². The fraction of sp³-hybridized carbons (Fsp3) is 0.222. The monoisotopic (exact) mass is 324 g/mol. The van der Waals surface area contributed by atoms with E-state index < -0.39 is 6.10 Å². The Morgan fingerprint density at radius 2 is 2.00 bits per heavy atom. The van der Waals surface area contributed by atoms with Crippen LogP contribution in [-0.4, -0.2) is 27.5 Å². The molecule has 2 amide bonds. The van der Waals surface area contributed by atoms with E-state index in [1.54, 1.807) is 24.1 Å². The van der Waals surface area contributed by atoms with Crippen LogP contribution in [0.4, 0.5) is 4.79 Å². The van der Waals surface area contributed by atoms with E-state index in [0.717, 1.165) is 16.3 Å². The van der Waals surface area contributed by atoms with Gasteiger partial charge in [-0.2, -0.15) is 5.10 Å². The van der Waals surface area contributed by atoms with E-state index in [9.17, 15) is 9.90 Å². The third-order valence-electron chi connectivity index (χ3n) is 3.88. The van der Waals surface area contributed by atoms with Gasteiger partial charge >= 0.3 is 6.03 Å². The third kappa shape index (κ3) is 3.72. The van der Waals surface area contributed by atoms with E-state index in [0.29, 0.717) is 12.1 Å². The van der Waals surface area contributed by atoms with Gasteiger partial charge in [0.2, 0.25) is 0 Å². The topological polar surface area (TPSA) is 79.2 Å². The number of carbonyl (C=O) groups is 1. The van der Waals surface area contributed by atoms with Crippen molar-refractivity contribution in [3.8, 4) is 0 Å².